The van der Waals surface area contributed by atoms with Gasteiger partial charge in [-0.25, -0.2) is 4.39 Å². The Bertz CT molecular complexity index is 1230. The molecule has 4 aromatic rings. The molecule has 0 aliphatic heterocycles. The third kappa shape index (κ3) is 4.44. The van der Waals surface area contributed by atoms with Crippen molar-refractivity contribution < 1.29 is 23.1 Å². The van der Waals surface area contributed by atoms with Crippen molar-refractivity contribution in [2.24, 2.45) is 5.73 Å². The van der Waals surface area contributed by atoms with Crippen LogP contribution in [0.2, 0.25) is 0 Å². The second-order valence-electron chi connectivity index (χ2n) is 7.16. The number of hydrogen-bond acceptors (Lipinski definition) is 5. The van der Waals surface area contributed by atoms with Crippen molar-refractivity contribution in [2.75, 3.05) is 7.11 Å². The third-order valence-corrected chi connectivity index (χ3v) is 5.08. The first-order valence-corrected chi connectivity index (χ1v) is 9.85. The van der Waals surface area contributed by atoms with E-state index in [-0.39, 0.29) is 18.8 Å². The molecule has 0 radical (unpaired) electrons. The van der Waals surface area contributed by atoms with Crippen molar-refractivity contribution in [3.8, 4) is 16.9 Å². The topological polar surface area (TPSA) is 74.7 Å². The second kappa shape index (κ2) is 9.02. The number of para-hydroxylation sites is 1. The number of fused-ring (bicyclic) bond motifs is 1. The zero-order valence-electron chi connectivity index (χ0n) is 17.1. The van der Waals surface area contributed by atoms with Crippen LogP contribution < -0.4 is 10.5 Å². The largest absolute Gasteiger partial charge is 0.486 e. The first-order valence-electron chi connectivity index (χ1n) is 9.85. The maximum atomic E-state index is 14.4. The molecule has 0 saturated carbocycles. The molecule has 1 heterocycles. The van der Waals surface area contributed by atoms with Gasteiger partial charge < -0.3 is 19.6 Å². The number of carbonyl (C=O) groups excluding carboxylic acids is 1. The fourth-order valence-electron chi connectivity index (χ4n) is 3.55. The summed E-state index contributed by atoms with van der Waals surface area (Å²) in [7, 11) is 1.30. The Balaban J connectivity index is 1.67. The van der Waals surface area contributed by atoms with Crippen molar-refractivity contribution in [3.05, 3.63) is 89.4 Å². The molecule has 1 aromatic heterocycles. The Labute approximate surface area is 179 Å². The molecule has 0 aliphatic carbocycles. The summed E-state index contributed by atoms with van der Waals surface area (Å²) in [6.45, 7) is 0.563. The molecule has 3 aromatic carbocycles. The lowest BCUT2D eigenvalue weighted by atomic mass is 9.99. The molecule has 0 bridgehead atoms. The van der Waals surface area contributed by atoms with Crippen LogP contribution in [0.3, 0.4) is 0 Å². The summed E-state index contributed by atoms with van der Waals surface area (Å²) in [4.78, 5) is 11.7. The van der Waals surface area contributed by atoms with Crippen molar-refractivity contribution in [1.29, 1.82) is 0 Å². The van der Waals surface area contributed by atoms with Crippen LogP contribution in [-0.2, 0) is 29.1 Å². The van der Waals surface area contributed by atoms with Crippen molar-refractivity contribution >= 4 is 16.9 Å². The number of esters is 1. The lowest BCUT2D eigenvalue weighted by Crippen LogP contribution is -2.08. The molecule has 158 valence electrons. The highest BCUT2D eigenvalue weighted by Gasteiger charge is 2.15. The lowest BCUT2D eigenvalue weighted by molar-refractivity contribution is -0.139. The number of benzene rings is 3. The Morgan fingerprint density at radius 1 is 1.06 bits per heavy atom. The smallest absolute Gasteiger partial charge is 0.310 e. The van der Waals surface area contributed by atoms with E-state index >= 15 is 0 Å². The van der Waals surface area contributed by atoms with Crippen molar-refractivity contribution in [1.82, 2.24) is 0 Å². The van der Waals surface area contributed by atoms with E-state index in [0.29, 0.717) is 12.1 Å². The Morgan fingerprint density at radius 3 is 2.71 bits per heavy atom. The number of ether oxygens (including phenoxy) is 2. The number of methoxy groups -OCH3 is 1. The molecule has 4 rings (SSSR count). The number of carbonyl (C=O) groups is 1. The van der Waals surface area contributed by atoms with Gasteiger partial charge in [-0.1, -0.05) is 30.3 Å². The van der Waals surface area contributed by atoms with E-state index in [9.17, 15) is 9.18 Å². The van der Waals surface area contributed by atoms with Gasteiger partial charge in [-0.05, 0) is 47.0 Å². The van der Waals surface area contributed by atoms with Crippen LogP contribution in [0, 0.1) is 5.82 Å². The van der Waals surface area contributed by atoms with E-state index in [1.807, 2.05) is 42.5 Å². The van der Waals surface area contributed by atoms with Gasteiger partial charge in [-0.2, -0.15) is 0 Å². The van der Waals surface area contributed by atoms with E-state index in [1.54, 1.807) is 18.4 Å². The summed E-state index contributed by atoms with van der Waals surface area (Å²) in [5.74, 6) is -0.939. The molecule has 31 heavy (non-hydrogen) atoms. The molecule has 0 saturated heterocycles. The first-order chi connectivity index (χ1) is 15.1. The van der Waals surface area contributed by atoms with Crippen LogP contribution in [0.1, 0.15) is 16.7 Å². The number of rotatable bonds is 7. The zero-order valence-corrected chi connectivity index (χ0v) is 17.1. The number of furan rings is 1. The maximum Gasteiger partial charge on any atom is 0.310 e. The molecule has 0 amide bonds. The predicted molar refractivity (Wildman–Crippen MR) is 116 cm³/mol. The molecule has 0 fully saturated rings. The summed E-state index contributed by atoms with van der Waals surface area (Å²) in [5, 5.41) is 0.914. The van der Waals surface area contributed by atoms with Gasteiger partial charge in [-0.15, -0.1) is 0 Å². The van der Waals surface area contributed by atoms with Crippen LogP contribution in [0.25, 0.3) is 22.1 Å². The second-order valence-corrected chi connectivity index (χ2v) is 7.16. The van der Waals surface area contributed by atoms with Gasteiger partial charge in [0.2, 0.25) is 0 Å². The summed E-state index contributed by atoms with van der Waals surface area (Å²) in [5.41, 5.74) is 10.7. The predicted octanol–water partition coefficient (Wildman–Crippen LogP) is 4.99. The van der Waals surface area contributed by atoms with Gasteiger partial charge >= 0.3 is 5.97 Å². The first kappa shape index (κ1) is 20.6. The molecular formula is C25H22FNO4. The van der Waals surface area contributed by atoms with E-state index in [4.69, 9.17) is 19.6 Å². The summed E-state index contributed by atoms with van der Waals surface area (Å²) < 4.78 is 30.7. The normalized spacial score (nSPS) is 10.9. The highest BCUT2D eigenvalue weighted by molar-refractivity contribution is 5.93. The number of halogens is 1. The van der Waals surface area contributed by atoms with Gasteiger partial charge in [0.25, 0.3) is 0 Å². The average molecular weight is 419 g/mol. The number of nitrogens with two attached hydrogens (primary N) is 1. The van der Waals surface area contributed by atoms with Crippen LogP contribution in [-0.4, -0.2) is 13.1 Å². The Morgan fingerprint density at radius 2 is 1.90 bits per heavy atom. The molecule has 0 unspecified atom stereocenters. The lowest BCUT2D eigenvalue weighted by Gasteiger charge is -2.13. The summed E-state index contributed by atoms with van der Waals surface area (Å²) in [6, 6.07) is 18.2. The summed E-state index contributed by atoms with van der Waals surface area (Å²) in [6.07, 6.45) is 1.57. The minimum Gasteiger partial charge on any atom is -0.486 e. The van der Waals surface area contributed by atoms with Crippen LogP contribution in [0.5, 0.6) is 5.75 Å². The van der Waals surface area contributed by atoms with E-state index in [1.165, 1.54) is 13.2 Å². The molecular weight excluding hydrogens is 397 g/mol. The van der Waals surface area contributed by atoms with E-state index in [0.717, 1.165) is 33.2 Å². The zero-order chi connectivity index (χ0) is 21.8. The SMILES string of the molecule is COC(=O)Cc1cccc(F)c1OCc1cc(-c2cccc(CN)c2)c2occc2c1. The average Bonchev–Trinajstić information content (AvgIpc) is 3.26. The standard InChI is InChI=1S/C25H22FNO4/c1-29-23(28)13-19-6-3-7-22(26)25(19)31-15-17-11-20-8-9-30-24(20)21(12-17)18-5-2-4-16(10-18)14-27/h2-12H,13-15,27H2,1H3. The fraction of sp³-hybridized carbons (Fsp3) is 0.160. The van der Waals surface area contributed by atoms with Crippen LogP contribution >= 0.6 is 0 Å². The van der Waals surface area contributed by atoms with Gasteiger partial charge in [0, 0.05) is 23.1 Å². The molecule has 0 aliphatic rings. The minimum absolute atomic E-state index is 0.0480. The van der Waals surface area contributed by atoms with Crippen molar-refractivity contribution in [3.63, 3.8) is 0 Å². The molecule has 5 nitrogen and oxygen atoms in total. The highest BCUT2D eigenvalue weighted by Crippen LogP contribution is 2.32. The van der Waals surface area contributed by atoms with Gasteiger partial charge in [0.05, 0.1) is 19.8 Å². The molecule has 0 spiro atoms. The van der Waals surface area contributed by atoms with Crippen LogP contribution in [0.15, 0.2) is 71.3 Å². The Kier molecular flexibility index (Phi) is 6.00. The monoisotopic (exact) mass is 419 g/mol. The molecule has 2 N–H and O–H groups in total. The van der Waals surface area contributed by atoms with E-state index in [2.05, 4.69) is 0 Å². The molecule has 6 heteroatoms. The van der Waals surface area contributed by atoms with Gasteiger partial charge in [0.15, 0.2) is 11.6 Å². The molecule has 0 atom stereocenters. The third-order valence-electron chi connectivity index (χ3n) is 5.08. The van der Waals surface area contributed by atoms with E-state index < -0.39 is 11.8 Å². The quantitative estimate of drug-likeness (QED) is 0.427. The maximum absolute atomic E-state index is 14.4. The highest BCUT2D eigenvalue weighted by atomic mass is 19.1. The minimum atomic E-state index is -0.526. The fourth-order valence-corrected chi connectivity index (χ4v) is 3.55. The number of hydrogen-bond donors (Lipinski definition) is 1. The van der Waals surface area contributed by atoms with Gasteiger partial charge in [0.1, 0.15) is 12.2 Å². The summed E-state index contributed by atoms with van der Waals surface area (Å²) >= 11 is 0. The van der Waals surface area contributed by atoms with Crippen molar-refractivity contribution in [2.45, 2.75) is 19.6 Å². The van der Waals surface area contributed by atoms with Gasteiger partial charge in [-0.3, -0.25) is 4.79 Å². The Hall–Kier alpha value is -3.64. The van der Waals surface area contributed by atoms with Crippen LogP contribution in [0.4, 0.5) is 4.39 Å².